The first kappa shape index (κ1) is 16.3. The van der Waals surface area contributed by atoms with Gasteiger partial charge in [0.15, 0.2) is 0 Å². The molecule has 1 aromatic carbocycles. The zero-order valence-corrected chi connectivity index (χ0v) is 13.6. The lowest BCUT2D eigenvalue weighted by Crippen LogP contribution is -2.17. The summed E-state index contributed by atoms with van der Waals surface area (Å²) in [6.07, 6.45) is 6.59. The Balaban J connectivity index is 2.37. The van der Waals surface area contributed by atoms with Crippen molar-refractivity contribution in [3.63, 3.8) is 0 Å². The van der Waals surface area contributed by atoms with E-state index < -0.39 is 0 Å². The fourth-order valence-electron chi connectivity index (χ4n) is 3.59. The highest BCUT2D eigenvalue weighted by atomic mass is 14.3. The monoisotopic (exact) mass is 260 g/mol. The Morgan fingerprint density at radius 1 is 1.00 bits per heavy atom. The average Bonchev–Trinajstić information content (AvgIpc) is 2.28. The van der Waals surface area contributed by atoms with Crippen molar-refractivity contribution in [2.75, 3.05) is 0 Å². The second-order valence-corrected chi connectivity index (χ2v) is 7.25. The Morgan fingerprint density at radius 3 is 2.21 bits per heavy atom. The van der Waals surface area contributed by atoms with Gasteiger partial charge in [0, 0.05) is 0 Å². The van der Waals surface area contributed by atoms with Crippen LogP contribution < -0.4 is 0 Å². The first-order valence-electron chi connectivity index (χ1n) is 7.97. The molecule has 1 rings (SSSR count). The second kappa shape index (κ2) is 7.72. The van der Waals surface area contributed by atoms with E-state index in [1.807, 2.05) is 0 Å². The molecule has 0 aliphatic heterocycles. The topological polar surface area (TPSA) is 0 Å². The van der Waals surface area contributed by atoms with E-state index in [1.165, 1.54) is 37.7 Å². The maximum Gasteiger partial charge on any atom is -0.0253 e. The molecule has 19 heavy (non-hydrogen) atoms. The molecule has 0 bridgehead atoms. The maximum atomic E-state index is 2.43. The summed E-state index contributed by atoms with van der Waals surface area (Å²) in [4.78, 5) is 0. The fourth-order valence-corrected chi connectivity index (χ4v) is 3.59. The summed E-state index contributed by atoms with van der Waals surface area (Å²) < 4.78 is 0. The molecule has 108 valence electrons. The molecular formula is C19H32. The van der Waals surface area contributed by atoms with Crippen molar-refractivity contribution in [1.29, 1.82) is 0 Å². The van der Waals surface area contributed by atoms with Gasteiger partial charge in [0.05, 0.1) is 0 Å². The van der Waals surface area contributed by atoms with Gasteiger partial charge < -0.3 is 0 Å². The maximum absolute atomic E-state index is 2.43. The third-order valence-corrected chi connectivity index (χ3v) is 4.06. The first-order valence-corrected chi connectivity index (χ1v) is 7.97. The van der Waals surface area contributed by atoms with Gasteiger partial charge in [-0.05, 0) is 48.5 Å². The predicted octanol–water partition coefficient (Wildman–Crippen LogP) is 6.11. The van der Waals surface area contributed by atoms with Crippen LogP contribution in [-0.2, 0) is 6.42 Å². The predicted molar refractivity (Wildman–Crippen MR) is 86.4 cm³/mol. The number of rotatable bonds is 8. The zero-order chi connectivity index (χ0) is 14.3. The van der Waals surface area contributed by atoms with E-state index in [9.17, 15) is 0 Å². The highest BCUT2D eigenvalue weighted by Gasteiger charge is 2.21. The van der Waals surface area contributed by atoms with Crippen LogP contribution in [0.1, 0.15) is 65.9 Å². The number of hydrogen-bond acceptors (Lipinski definition) is 0. The van der Waals surface area contributed by atoms with Gasteiger partial charge in [0.2, 0.25) is 0 Å². The summed E-state index contributed by atoms with van der Waals surface area (Å²) in [6.45, 7) is 12.0. The molecule has 0 aliphatic carbocycles. The van der Waals surface area contributed by atoms with E-state index in [-0.39, 0.29) is 0 Å². The van der Waals surface area contributed by atoms with Crippen LogP contribution in [0.5, 0.6) is 0 Å². The van der Waals surface area contributed by atoms with Gasteiger partial charge in [-0.15, -0.1) is 0 Å². The van der Waals surface area contributed by atoms with Crippen molar-refractivity contribution in [1.82, 2.24) is 0 Å². The van der Waals surface area contributed by atoms with Crippen molar-refractivity contribution in [3.8, 4) is 0 Å². The molecule has 0 heteroatoms. The van der Waals surface area contributed by atoms with Gasteiger partial charge in [-0.3, -0.25) is 0 Å². The van der Waals surface area contributed by atoms with Crippen molar-refractivity contribution in [3.05, 3.63) is 35.9 Å². The number of benzene rings is 1. The largest absolute Gasteiger partial charge is 0.0654 e. The molecular weight excluding hydrogens is 228 g/mol. The Morgan fingerprint density at radius 2 is 1.63 bits per heavy atom. The van der Waals surface area contributed by atoms with Gasteiger partial charge in [0.25, 0.3) is 0 Å². The summed E-state index contributed by atoms with van der Waals surface area (Å²) in [7, 11) is 0. The molecule has 0 aliphatic rings. The van der Waals surface area contributed by atoms with E-state index in [0.29, 0.717) is 5.41 Å². The van der Waals surface area contributed by atoms with Crippen molar-refractivity contribution in [2.24, 2.45) is 17.3 Å². The van der Waals surface area contributed by atoms with Crippen LogP contribution in [0.3, 0.4) is 0 Å². The van der Waals surface area contributed by atoms with Crippen LogP contribution in [-0.4, -0.2) is 0 Å². The molecule has 0 fully saturated rings. The SMILES string of the molecule is CCCC(C)(C)CC(C)CC(C)Cc1ccccc1. The Bertz CT molecular complexity index is 336. The normalized spacial score (nSPS) is 15.2. The van der Waals surface area contributed by atoms with E-state index in [4.69, 9.17) is 0 Å². The smallest absolute Gasteiger partial charge is 0.0253 e. The standard InChI is InChI=1S/C19H32/c1-6-12-19(4,5)15-17(3)13-16(2)14-18-10-8-7-9-11-18/h7-11,16-17H,6,12-15H2,1-5H3. The van der Waals surface area contributed by atoms with Crippen LogP contribution in [0.2, 0.25) is 0 Å². The lowest BCUT2D eigenvalue weighted by Gasteiger charge is -2.29. The minimum atomic E-state index is 0.515. The van der Waals surface area contributed by atoms with E-state index in [2.05, 4.69) is 65.0 Å². The van der Waals surface area contributed by atoms with Gasteiger partial charge >= 0.3 is 0 Å². The molecule has 0 aromatic heterocycles. The van der Waals surface area contributed by atoms with Crippen LogP contribution in [0.25, 0.3) is 0 Å². The molecule has 0 N–H and O–H groups in total. The van der Waals surface area contributed by atoms with Crippen molar-refractivity contribution < 1.29 is 0 Å². The lowest BCUT2D eigenvalue weighted by molar-refractivity contribution is 0.232. The van der Waals surface area contributed by atoms with E-state index in [0.717, 1.165) is 11.8 Å². The molecule has 1 aromatic rings. The van der Waals surface area contributed by atoms with E-state index >= 15 is 0 Å². The van der Waals surface area contributed by atoms with Crippen LogP contribution in [0.15, 0.2) is 30.3 Å². The lowest BCUT2D eigenvalue weighted by atomic mass is 9.77. The Labute approximate surface area is 120 Å². The van der Waals surface area contributed by atoms with Crippen molar-refractivity contribution in [2.45, 2.75) is 66.7 Å². The minimum Gasteiger partial charge on any atom is -0.0654 e. The van der Waals surface area contributed by atoms with Crippen LogP contribution in [0, 0.1) is 17.3 Å². The second-order valence-electron chi connectivity index (χ2n) is 7.25. The summed E-state index contributed by atoms with van der Waals surface area (Å²) in [5, 5.41) is 0. The summed E-state index contributed by atoms with van der Waals surface area (Å²) in [6, 6.07) is 10.9. The van der Waals surface area contributed by atoms with Crippen molar-refractivity contribution >= 4 is 0 Å². The molecule has 0 radical (unpaired) electrons. The highest BCUT2D eigenvalue weighted by molar-refractivity contribution is 5.15. The zero-order valence-electron chi connectivity index (χ0n) is 13.6. The summed E-state index contributed by atoms with van der Waals surface area (Å²) >= 11 is 0. The molecule has 0 heterocycles. The van der Waals surface area contributed by atoms with Gasteiger partial charge in [-0.2, -0.15) is 0 Å². The third-order valence-electron chi connectivity index (χ3n) is 4.06. The molecule has 2 atom stereocenters. The highest BCUT2D eigenvalue weighted by Crippen LogP contribution is 2.33. The fraction of sp³-hybridized carbons (Fsp3) is 0.684. The molecule has 0 spiro atoms. The van der Waals surface area contributed by atoms with Gasteiger partial charge in [-0.1, -0.05) is 71.4 Å². The van der Waals surface area contributed by atoms with Gasteiger partial charge in [0.1, 0.15) is 0 Å². The van der Waals surface area contributed by atoms with E-state index in [1.54, 1.807) is 0 Å². The molecule has 0 saturated heterocycles. The van der Waals surface area contributed by atoms with Crippen LogP contribution in [0.4, 0.5) is 0 Å². The Hall–Kier alpha value is -0.780. The summed E-state index contributed by atoms with van der Waals surface area (Å²) in [5.74, 6) is 1.62. The molecule has 0 nitrogen and oxygen atoms in total. The third kappa shape index (κ3) is 6.80. The summed E-state index contributed by atoms with van der Waals surface area (Å²) in [5.41, 5.74) is 2.00. The quantitative estimate of drug-likeness (QED) is 0.529. The first-order chi connectivity index (χ1) is 8.93. The molecule has 2 unspecified atom stereocenters. The minimum absolute atomic E-state index is 0.515. The number of hydrogen-bond donors (Lipinski definition) is 0. The molecule has 0 amide bonds. The molecule has 0 saturated carbocycles. The average molecular weight is 260 g/mol. The Kier molecular flexibility index (Phi) is 6.62. The van der Waals surface area contributed by atoms with Gasteiger partial charge in [-0.25, -0.2) is 0 Å². The van der Waals surface area contributed by atoms with Crippen LogP contribution >= 0.6 is 0 Å².